The zero-order valence-electron chi connectivity index (χ0n) is 36.1. The second-order valence-corrected chi connectivity index (χ2v) is 17.3. The number of para-hydroxylation sites is 4. The van der Waals surface area contributed by atoms with Gasteiger partial charge in [0.2, 0.25) is 5.95 Å². The summed E-state index contributed by atoms with van der Waals surface area (Å²) in [5, 5.41) is 7.95. The summed E-state index contributed by atoms with van der Waals surface area (Å²) in [4.78, 5) is 10.6. The van der Waals surface area contributed by atoms with Gasteiger partial charge in [0.15, 0.2) is 0 Å². The van der Waals surface area contributed by atoms with E-state index in [2.05, 4.69) is 228 Å². The standard InChI is InChI=1S/C62H38N4O/c1-3-14-39(15-4-1)40-26-28-41(29-27-40)61-49-20-7-10-22-53(49)63-62(64-61)66-55-24-12-9-19-48(55)50-36-42(30-33-57(50)66)43-32-35-58-52(37-43)60-46(21-13-25-59(60)67-58)44-31-34-56-51(38-44)47-18-8-11-23-54(47)65(56)45-16-5-2-6-17-45/h1-38H. The zero-order chi connectivity index (χ0) is 44.0. The van der Waals surface area contributed by atoms with Crippen LogP contribution in [0.5, 0.6) is 0 Å². The van der Waals surface area contributed by atoms with Crippen LogP contribution in [0.1, 0.15) is 0 Å². The van der Waals surface area contributed by atoms with Gasteiger partial charge in [-0.15, -0.1) is 0 Å². The number of aromatic nitrogens is 4. The minimum Gasteiger partial charge on any atom is -0.456 e. The molecule has 0 bridgehead atoms. The topological polar surface area (TPSA) is 48.8 Å². The van der Waals surface area contributed by atoms with Crippen LogP contribution < -0.4 is 0 Å². The van der Waals surface area contributed by atoms with Gasteiger partial charge in [0.05, 0.1) is 33.3 Å². The van der Waals surface area contributed by atoms with E-state index >= 15 is 0 Å². The first-order valence-corrected chi connectivity index (χ1v) is 22.7. The molecule has 0 unspecified atom stereocenters. The Bertz CT molecular complexity index is 4260. The van der Waals surface area contributed by atoms with Gasteiger partial charge < -0.3 is 8.98 Å². The van der Waals surface area contributed by atoms with Gasteiger partial charge in [-0.25, -0.2) is 9.97 Å². The molecule has 0 aliphatic heterocycles. The van der Waals surface area contributed by atoms with Crippen molar-refractivity contribution >= 4 is 76.5 Å². The molecule has 4 heterocycles. The Morgan fingerprint density at radius 3 is 1.61 bits per heavy atom. The van der Waals surface area contributed by atoms with Crippen LogP contribution in [0.15, 0.2) is 235 Å². The minimum atomic E-state index is 0.640. The molecule has 5 heteroatoms. The highest BCUT2D eigenvalue weighted by Crippen LogP contribution is 2.42. The van der Waals surface area contributed by atoms with Gasteiger partial charge in [-0.05, 0) is 106 Å². The summed E-state index contributed by atoms with van der Waals surface area (Å²) >= 11 is 0. The van der Waals surface area contributed by atoms with E-state index in [0.29, 0.717) is 5.95 Å². The first kappa shape index (κ1) is 37.3. The van der Waals surface area contributed by atoms with E-state index in [0.717, 1.165) is 93.8 Å². The molecule has 5 nitrogen and oxygen atoms in total. The van der Waals surface area contributed by atoms with Gasteiger partial charge >= 0.3 is 0 Å². The SMILES string of the molecule is c1ccc(-c2ccc(-c3nc(-n4c5ccccc5c5cc(-c6ccc7oc8cccc(-c9ccc%10c(c9)c9ccccc9n%10-c9ccccc9)c8c7c6)ccc54)nc4ccccc34)cc2)cc1. The second-order valence-electron chi connectivity index (χ2n) is 17.3. The van der Waals surface area contributed by atoms with Crippen molar-refractivity contribution < 1.29 is 4.42 Å². The minimum absolute atomic E-state index is 0.640. The molecule has 0 saturated carbocycles. The lowest BCUT2D eigenvalue weighted by Gasteiger charge is -2.12. The molecule has 0 spiro atoms. The second kappa shape index (κ2) is 14.7. The van der Waals surface area contributed by atoms with Crippen molar-refractivity contribution in [3.63, 3.8) is 0 Å². The van der Waals surface area contributed by atoms with Crippen molar-refractivity contribution in [3.05, 3.63) is 231 Å². The average molecular weight is 855 g/mol. The average Bonchev–Trinajstić information content (AvgIpc) is 4.06. The maximum absolute atomic E-state index is 6.58. The normalized spacial score (nSPS) is 11.9. The van der Waals surface area contributed by atoms with Gasteiger partial charge in [-0.3, -0.25) is 4.57 Å². The molecule has 0 atom stereocenters. The maximum atomic E-state index is 6.58. The molecule has 10 aromatic carbocycles. The molecule has 0 fully saturated rings. The van der Waals surface area contributed by atoms with Crippen molar-refractivity contribution in [1.82, 2.24) is 19.1 Å². The molecular formula is C62H38N4O. The molecule has 312 valence electrons. The highest BCUT2D eigenvalue weighted by atomic mass is 16.3. The molecular weight excluding hydrogens is 817 g/mol. The van der Waals surface area contributed by atoms with Crippen LogP contribution in [-0.2, 0) is 0 Å². The maximum Gasteiger partial charge on any atom is 0.235 e. The van der Waals surface area contributed by atoms with Gasteiger partial charge in [0, 0.05) is 49.0 Å². The predicted octanol–water partition coefficient (Wildman–Crippen LogP) is 16.4. The monoisotopic (exact) mass is 854 g/mol. The fourth-order valence-electron chi connectivity index (χ4n) is 10.4. The molecule has 0 aliphatic rings. The van der Waals surface area contributed by atoms with Crippen LogP contribution in [-0.4, -0.2) is 19.1 Å². The number of benzene rings is 10. The zero-order valence-corrected chi connectivity index (χ0v) is 36.1. The molecule has 0 saturated heterocycles. The number of furan rings is 1. The largest absolute Gasteiger partial charge is 0.456 e. The summed E-state index contributed by atoms with van der Waals surface area (Å²) in [6.07, 6.45) is 0. The highest BCUT2D eigenvalue weighted by Gasteiger charge is 2.20. The summed E-state index contributed by atoms with van der Waals surface area (Å²) in [6, 6.07) is 82.0. The molecule has 0 N–H and O–H groups in total. The third-order valence-electron chi connectivity index (χ3n) is 13.6. The van der Waals surface area contributed by atoms with Crippen LogP contribution in [0, 0.1) is 0 Å². The Labute approximate surface area is 385 Å². The fraction of sp³-hybridized carbons (Fsp3) is 0. The van der Waals surface area contributed by atoms with Crippen molar-refractivity contribution in [2.45, 2.75) is 0 Å². The summed E-state index contributed by atoms with van der Waals surface area (Å²) in [5.41, 5.74) is 17.1. The Hall–Kier alpha value is -9.06. The van der Waals surface area contributed by atoms with Crippen molar-refractivity contribution in [2.75, 3.05) is 0 Å². The van der Waals surface area contributed by atoms with Crippen LogP contribution in [0.25, 0.3) is 133 Å². The van der Waals surface area contributed by atoms with Crippen LogP contribution in [0.4, 0.5) is 0 Å². The molecule has 14 rings (SSSR count). The van der Waals surface area contributed by atoms with E-state index in [1.165, 1.54) is 32.9 Å². The molecule has 0 radical (unpaired) electrons. The van der Waals surface area contributed by atoms with Gasteiger partial charge in [-0.1, -0.05) is 158 Å². The van der Waals surface area contributed by atoms with Crippen LogP contribution in [0.2, 0.25) is 0 Å². The van der Waals surface area contributed by atoms with Crippen LogP contribution in [0.3, 0.4) is 0 Å². The summed E-state index contributed by atoms with van der Waals surface area (Å²) in [6.45, 7) is 0. The van der Waals surface area contributed by atoms with E-state index in [4.69, 9.17) is 14.4 Å². The van der Waals surface area contributed by atoms with E-state index in [-0.39, 0.29) is 0 Å². The van der Waals surface area contributed by atoms with Gasteiger partial charge in [0.1, 0.15) is 11.2 Å². The molecule has 0 aliphatic carbocycles. The molecule has 0 amide bonds. The first-order chi connectivity index (χ1) is 33.2. The Morgan fingerprint density at radius 1 is 0.313 bits per heavy atom. The Balaban J connectivity index is 0.897. The van der Waals surface area contributed by atoms with Crippen molar-refractivity contribution in [3.8, 4) is 56.3 Å². The molecule has 4 aromatic heterocycles. The Kier molecular flexibility index (Phi) is 8.21. The number of rotatable bonds is 6. The predicted molar refractivity (Wildman–Crippen MR) is 277 cm³/mol. The highest BCUT2D eigenvalue weighted by molar-refractivity contribution is 6.16. The van der Waals surface area contributed by atoms with Crippen molar-refractivity contribution in [1.29, 1.82) is 0 Å². The molecule has 14 aromatic rings. The van der Waals surface area contributed by atoms with E-state index in [1.807, 2.05) is 12.1 Å². The number of hydrogen-bond donors (Lipinski definition) is 0. The first-order valence-electron chi connectivity index (χ1n) is 22.7. The molecule has 67 heavy (non-hydrogen) atoms. The third kappa shape index (κ3) is 5.88. The number of fused-ring (bicyclic) bond motifs is 10. The van der Waals surface area contributed by atoms with Crippen LogP contribution >= 0.6 is 0 Å². The van der Waals surface area contributed by atoms with E-state index in [9.17, 15) is 0 Å². The smallest absolute Gasteiger partial charge is 0.235 e. The quantitative estimate of drug-likeness (QED) is 0.167. The number of hydrogen-bond acceptors (Lipinski definition) is 3. The lowest BCUT2D eigenvalue weighted by Crippen LogP contribution is -2.03. The summed E-state index contributed by atoms with van der Waals surface area (Å²) in [7, 11) is 0. The van der Waals surface area contributed by atoms with Gasteiger partial charge in [0.25, 0.3) is 0 Å². The fourth-order valence-corrected chi connectivity index (χ4v) is 10.4. The summed E-state index contributed by atoms with van der Waals surface area (Å²) in [5.74, 6) is 0.640. The lowest BCUT2D eigenvalue weighted by molar-refractivity contribution is 0.669. The van der Waals surface area contributed by atoms with E-state index < -0.39 is 0 Å². The number of nitrogens with zero attached hydrogens (tertiary/aromatic N) is 4. The van der Waals surface area contributed by atoms with Gasteiger partial charge in [-0.2, -0.15) is 0 Å². The lowest BCUT2D eigenvalue weighted by atomic mass is 9.96. The Morgan fingerprint density at radius 2 is 0.851 bits per heavy atom. The third-order valence-corrected chi connectivity index (χ3v) is 13.6. The van der Waals surface area contributed by atoms with E-state index in [1.54, 1.807) is 0 Å². The summed E-state index contributed by atoms with van der Waals surface area (Å²) < 4.78 is 11.2. The van der Waals surface area contributed by atoms with Crippen molar-refractivity contribution in [2.24, 2.45) is 0 Å².